The first-order valence-corrected chi connectivity index (χ1v) is 8.66. The number of hydrogen-bond acceptors (Lipinski definition) is 2. The first-order chi connectivity index (χ1) is 10.6. The third kappa shape index (κ3) is 4.79. The Bertz CT molecular complexity index is 611. The number of aliphatic imine (C=N–C) groups is 1. The van der Waals surface area contributed by atoms with Crippen LogP contribution < -0.4 is 5.73 Å². The average molecular weight is 333 g/mol. The van der Waals surface area contributed by atoms with Crippen molar-refractivity contribution >= 4 is 28.5 Å². The molecule has 0 unspecified atom stereocenters. The Balaban J connectivity index is 2.30. The largest absolute Gasteiger partial charge is 0.379 e. The predicted octanol–water partition coefficient (Wildman–Crippen LogP) is 5.28. The molecule has 0 aromatic heterocycles. The van der Waals surface area contributed by atoms with Crippen LogP contribution in [0.3, 0.4) is 0 Å². The Hall–Kier alpha value is -1.45. The summed E-state index contributed by atoms with van der Waals surface area (Å²) in [5.41, 5.74) is 8.52. The molecule has 0 aliphatic rings. The molecule has 0 bridgehead atoms. The molecule has 0 amide bonds. The zero-order chi connectivity index (χ0) is 15.9. The fraction of sp³-hybridized carbons (Fsp3) is 0.278. The lowest BCUT2D eigenvalue weighted by Crippen LogP contribution is -2.13. The number of benzene rings is 2. The summed E-state index contributed by atoms with van der Waals surface area (Å²) < 4.78 is 0. The Kier molecular flexibility index (Phi) is 6.34. The number of nitrogens with zero attached hydrogens (tertiary/aromatic N) is 1. The fourth-order valence-corrected chi connectivity index (χ4v) is 3.25. The molecule has 116 valence electrons. The van der Waals surface area contributed by atoms with Gasteiger partial charge >= 0.3 is 0 Å². The molecule has 2 rings (SSSR count). The van der Waals surface area contributed by atoms with Gasteiger partial charge in [0.1, 0.15) is 0 Å². The van der Waals surface area contributed by atoms with Crippen LogP contribution in [0.5, 0.6) is 0 Å². The maximum absolute atomic E-state index is 6.14. The van der Waals surface area contributed by atoms with Crippen molar-refractivity contribution in [2.45, 2.75) is 31.6 Å². The second-order valence-electron chi connectivity index (χ2n) is 5.18. The van der Waals surface area contributed by atoms with Crippen LogP contribution in [-0.2, 0) is 0 Å². The lowest BCUT2D eigenvalue weighted by molar-refractivity contribution is 0.718. The smallest absolute Gasteiger partial charge is 0.155 e. The zero-order valence-corrected chi connectivity index (χ0v) is 14.4. The number of nitrogens with two attached hydrogens (primary N) is 1. The zero-order valence-electron chi connectivity index (χ0n) is 12.9. The first kappa shape index (κ1) is 16.9. The Morgan fingerprint density at radius 3 is 2.27 bits per heavy atom. The molecule has 0 saturated carbocycles. The van der Waals surface area contributed by atoms with Crippen LogP contribution in [0.15, 0.2) is 59.6 Å². The summed E-state index contributed by atoms with van der Waals surface area (Å²) in [6.07, 6.45) is 0.984. The number of halogens is 1. The van der Waals surface area contributed by atoms with Crippen molar-refractivity contribution in [2.24, 2.45) is 10.7 Å². The van der Waals surface area contributed by atoms with E-state index < -0.39 is 0 Å². The minimum Gasteiger partial charge on any atom is -0.379 e. The van der Waals surface area contributed by atoms with Crippen molar-refractivity contribution in [3.63, 3.8) is 0 Å². The summed E-state index contributed by atoms with van der Waals surface area (Å²) in [6.45, 7) is 4.19. The van der Waals surface area contributed by atoms with E-state index in [4.69, 9.17) is 17.3 Å². The molecule has 0 aliphatic carbocycles. The molecule has 0 fully saturated rings. The van der Waals surface area contributed by atoms with Crippen molar-refractivity contribution in [3.8, 4) is 0 Å². The van der Waals surface area contributed by atoms with Crippen LogP contribution in [0.25, 0.3) is 0 Å². The topological polar surface area (TPSA) is 38.4 Å². The molecule has 22 heavy (non-hydrogen) atoms. The molecule has 2 nitrogen and oxygen atoms in total. The third-order valence-electron chi connectivity index (χ3n) is 3.45. The maximum atomic E-state index is 6.14. The number of thioether (sulfide) groups is 1. The van der Waals surface area contributed by atoms with E-state index in [9.17, 15) is 0 Å². The van der Waals surface area contributed by atoms with Crippen LogP contribution in [-0.4, -0.2) is 11.2 Å². The van der Waals surface area contributed by atoms with E-state index in [-0.39, 0.29) is 11.3 Å². The predicted molar refractivity (Wildman–Crippen MR) is 98.7 cm³/mol. The number of rotatable bonds is 5. The van der Waals surface area contributed by atoms with E-state index in [1.165, 1.54) is 11.1 Å². The van der Waals surface area contributed by atoms with Crippen LogP contribution >= 0.6 is 23.4 Å². The van der Waals surface area contributed by atoms with Gasteiger partial charge < -0.3 is 5.73 Å². The van der Waals surface area contributed by atoms with Gasteiger partial charge in [-0.3, -0.25) is 4.99 Å². The van der Waals surface area contributed by atoms with Crippen molar-refractivity contribution in [3.05, 3.63) is 70.7 Å². The van der Waals surface area contributed by atoms with Crippen molar-refractivity contribution < 1.29 is 0 Å². The molecule has 2 N–H and O–H groups in total. The minimum absolute atomic E-state index is 0.117. The van der Waals surface area contributed by atoms with Crippen LogP contribution in [0.4, 0.5) is 0 Å². The molecule has 0 saturated heterocycles. The summed E-state index contributed by atoms with van der Waals surface area (Å²) in [5, 5.41) is 1.48. The molecule has 2 aromatic carbocycles. The van der Waals surface area contributed by atoms with Crippen LogP contribution in [0.1, 0.15) is 36.6 Å². The van der Waals surface area contributed by atoms with Crippen molar-refractivity contribution in [1.29, 1.82) is 0 Å². The molecule has 0 spiro atoms. The summed E-state index contributed by atoms with van der Waals surface area (Å²) in [5.74, 6) is 0. The van der Waals surface area contributed by atoms with Crippen molar-refractivity contribution in [1.82, 2.24) is 0 Å². The first-order valence-electron chi connectivity index (χ1n) is 7.40. The SMILES string of the molecule is CC[C@@H](C)N=C(N)S[C@@H](c1ccccc1)c1ccc(Cl)cc1. The lowest BCUT2D eigenvalue weighted by Gasteiger charge is -2.18. The van der Waals surface area contributed by atoms with E-state index in [2.05, 4.69) is 31.0 Å². The van der Waals surface area contributed by atoms with Gasteiger partial charge in [0.25, 0.3) is 0 Å². The summed E-state index contributed by atoms with van der Waals surface area (Å²) >= 11 is 7.59. The lowest BCUT2D eigenvalue weighted by atomic mass is 10.0. The van der Waals surface area contributed by atoms with Gasteiger partial charge in [-0.1, -0.05) is 72.8 Å². The molecular formula is C18H21ClN2S. The molecule has 2 atom stereocenters. The van der Waals surface area contributed by atoms with E-state index in [1.807, 2.05) is 42.5 Å². The van der Waals surface area contributed by atoms with E-state index in [0.717, 1.165) is 11.4 Å². The average Bonchev–Trinajstić information content (AvgIpc) is 2.54. The van der Waals surface area contributed by atoms with Gasteiger partial charge in [0.2, 0.25) is 0 Å². The standard InChI is InChI=1S/C18H21ClN2S/c1-3-13(2)21-18(20)22-17(14-7-5-4-6-8-14)15-9-11-16(19)12-10-15/h4-13,17H,3H2,1-2H3,(H2,20,21)/t13-,17+/m1/s1. The fourth-order valence-electron chi connectivity index (χ4n) is 2.05. The highest BCUT2D eigenvalue weighted by Gasteiger charge is 2.17. The molecule has 0 aliphatic heterocycles. The molecular weight excluding hydrogens is 312 g/mol. The van der Waals surface area contributed by atoms with E-state index >= 15 is 0 Å². The number of hydrogen-bond donors (Lipinski definition) is 1. The van der Waals surface area contributed by atoms with Gasteiger partial charge in [0.05, 0.1) is 5.25 Å². The summed E-state index contributed by atoms with van der Waals surface area (Å²) in [6, 6.07) is 18.5. The highest BCUT2D eigenvalue weighted by atomic mass is 35.5. The third-order valence-corrected chi connectivity index (χ3v) is 4.83. The molecule has 0 heterocycles. The molecule has 4 heteroatoms. The minimum atomic E-state index is 0.117. The Morgan fingerprint density at radius 2 is 1.68 bits per heavy atom. The van der Waals surface area contributed by atoms with Crippen LogP contribution in [0, 0.1) is 0 Å². The summed E-state index contributed by atoms with van der Waals surface area (Å²) in [7, 11) is 0. The van der Waals surface area contributed by atoms with E-state index in [1.54, 1.807) is 11.8 Å². The van der Waals surface area contributed by atoms with Crippen LogP contribution in [0.2, 0.25) is 5.02 Å². The second-order valence-corrected chi connectivity index (χ2v) is 6.75. The summed E-state index contributed by atoms with van der Waals surface area (Å²) in [4.78, 5) is 4.54. The quantitative estimate of drug-likeness (QED) is 0.598. The van der Waals surface area contributed by atoms with Gasteiger partial charge in [-0.05, 0) is 36.6 Å². The van der Waals surface area contributed by atoms with Crippen molar-refractivity contribution in [2.75, 3.05) is 0 Å². The Morgan fingerprint density at radius 1 is 1.09 bits per heavy atom. The monoisotopic (exact) mass is 332 g/mol. The van der Waals surface area contributed by atoms with Gasteiger partial charge in [0.15, 0.2) is 5.17 Å². The van der Waals surface area contributed by atoms with Gasteiger partial charge in [-0.2, -0.15) is 0 Å². The van der Waals surface area contributed by atoms with Gasteiger partial charge in [0, 0.05) is 11.1 Å². The Labute approximate surface area is 141 Å². The van der Waals surface area contributed by atoms with Gasteiger partial charge in [-0.15, -0.1) is 0 Å². The molecule has 2 aromatic rings. The second kappa shape index (κ2) is 8.25. The number of amidine groups is 1. The van der Waals surface area contributed by atoms with Gasteiger partial charge in [-0.25, -0.2) is 0 Å². The highest BCUT2D eigenvalue weighted by Crippen LogP contribution is 2.36. The highest BCUT2D eigenvalue weighted by molar-refractivity contribution is 8.14. The molecule has 0 radical (unpaired) electrons. The van der Waals surface area contributed by atoms with E-state index in [0.29, 0.717) is 5.17 Å². The maximum Gasteiger partial charge on any atom is 0.155 e. The normalized spacial score (nSPS) is 14.6.